The lowest BCUT2D eigenvalue weighted by Crippen LogP contribution is -2.38. The molecule has 186 valence electrons. The number of nitrogens with zero attached hydrogens (tertiary/aromatic N) is 3. The van der Waals surface area contributed by atoms with Crippen LogP contribution in [0.25, 0.3) is 16.8 Å². The van der Waals surface area contributed by atoms with Crippen molar-refractivity contribution in [3.05, 3.63) is 60.3 Å². The Kier molecular flexibility index (Phi) is 8.75. The van der Waals surface area contributed by atoms with Crippen LogP contribution in [0, 0.1) is 0 Å². The van der Waals surface area contributed by atoms with E-state index in [1.807, 2.05) is 48.5 Å². The quantitative estimate of drug-likeness (QED) is 0.381. The fraction of sp³-hybridized carbons (Fsp3) is 0.407. The van der Waals surface area contributed by atoms with E-state index in [-0.39, 0.29) is 6.61 Å². The molecule has 1 aliphatic rings. The molecule has 1 saturated heterocycles. The summed E-state index contributed by atoms with van der Waals surface area (Å²) >= 11 is 0. The van der Waals surface area contributed by atoms with Crippen LogP contribution in [-0.2, 0) is 9.47 Å². The number of aromatic nitrogens is 2. The molecule has 3 aromatic rings. The maximum atomic E-state index is 12.5. The van der Waals surface area contributed by atoms with Gasteiger partial charge in [-0.3, -0.25) is 4.90 Å². The fourth-order valence-electron chi connectivity index (χ4n) is 3.93. The van der Waals surface area contributed by atoms with Gasteiger partial charge in [0.1, 0.15) is 17.9 Å². The molecule has 1 fully saturated rings. The molecule has 8 nitrogen and oxygen atoms in total. The molecule has 2 aromatic carbocycles. The number of para-hydroxylation sites is 1. The van der Waals surface area contributed by atoms with Crippen LogP contribution in [0.15, 0.2) is 54.7 Å². The Morgan fingerprint density at radius 3 is 2.51 bits per heavy atom. The minimum absolute atomic E-state index is 0.283. The number of hydrogen-bond acceptors (Lipinski definition) is 7. The SMILES string of the molecule is CCCOc1ccccc1-c1ccc(-n2ncc(C(=O)OCC)c2OCCN2CCOCC2)cc1. The highest BCUT2D eigenvalue weighted by molar-refractivity contribution is 5.92. The second kappa shape index (κ2) is 12.4. The van der Waals surface area contributed by atoms with Gasteiger partial charge in [0.15, 0.2) is 0 Å². The summed E-state index contributed by atoms with van der Waals surface area (Å²) < 4.78 is 24.3. The van der Waals surface area contributed by atoms with E-state index in [0.717, 1.165) is 61.8 Å². The third-order valence-electron chi connectivity index (χ3n) is 5.74. The number of esters is 1. The van der Waals surface area contributed by atoms with Gasteiger partial charge in [0.2, 0.25) is 5.88 Å². The van der Waals surface area contributed by atoms with Crippen LogP contribution in [0.3, 0.4) is 0 Å². The number of carbonyl (C=O) groups excluding carboxylic acids is 1. The largest absolute Gasteiger partial charge is 0.493 e. The van der Waals surface area contributed by atoms with Crippen molar-refractivity contribution >= 4 is 5.97 Å². The van der Waals surface area contributed by atoms with Crippen molar-refractivity contribution in [2.75, 3.05) is 52.7 Å². The van der Waals surface area contributed by atoms with Gasteiger partial charge in [-0.2, -0.15) is 5.10 Å². The minimum Gasteiger partial charge on any atom is -0.493 e. The first kappa shape index (κ1) is 24.8. The molecular weight excluding hydrogens is 446 g/mol. The van der Waals surface area contributed by atoms with Gasteiger partial charge in [0.25, 0.3) is 0 Å². The zero-order valence-corrected chi connectivity index (χ0v) is 20.4. The molecule has 0 N–H and O–H groups in total. The average Bonchev–Trinajstić information content (AvgIpc) is 3.32. The number of hydrogen-bond donors (Lipinski definition) is 0. The number of carbonyl (C=O) groups is 1. The maximum absolute atomic E-state index is 12.5. The predicted molar refractivity (Wildman–Crippen MR) is 133 cm³/mol. The molecule has 1 aromatic heterocycles. The van der Waals surface area contributed by atoms with E-state index in [4.69, 9.17) is 18.9 Å². The second-order valence-electron chi connectivity index (χ2n) is 8.19. The van der Waals surface area contributed by atoms with Crippen LogP contribution in [0.4, 0.5) is 0 Å². The first-order valence-electron chi connectivity index (χ1n) is 12.2. The topological polar surface area (TPSA) is 75.1 Å². The van der Waals surface area contributed by atoms with Gasteiger partial charge in [-0.1, -0.05) is 37.3 Å². The summed E-state index contributed by atoms with van der Waals surface area (Å²) in [7, 11) is 0. The van der Waals surface area contributed by atoms with Crippen molar-refractivity contribution in [3.8, 4) is 28.4 Å². The highest BCUT2D eigenvalue weighted by atomic mass is 16.5. The lowest BCUT2D eigenvalue weighted by atomic mass is 10.0. The summed E-state index contributed by atoms with van der Waals surface area (Å²) in [6, 6.07) is 16.0. The van der Waals surface area contributed by atoms with E-state index >= 15 is 0 Å². The summed E-state index contributed by atoms with van der Waals surface area (Å²) in [6.07, 6.45) is 2.45. The zero-order valence-electron chi connectivity index (χ0n) is 20.4. The van der Waals surface area contributed by atoms with Gasteiger partial charge in [-0.05, 0) is 37.1 Å². The summed E-state index contributed by atoms with van der Waals surface area (Å²) in [5.41, 5.74) is 3.17. The van der Waals surface area contributed by atoms with Gasteiger partial charge in [0, 0.05) is 25.2 Å². The molecule has 0 spiro atoms. The summed E-state index contributed by atoms with van der Waals surface area (Å²) in [6.45, 7) is 9.19. The average molecular weight is 480 g/mol. The molecule has 0 atom stereocenters. The molecule has 4 rings (SSSR count). The summed E-state index contributed by atoms with van der Waals surface area (Å²) in [4.78, 5) is 14.8. The van der Waals surface area contributed by atoms with Gasteiger partial charge in [-0.15, -0.1) is 0 Å². The Morgan fingerprint density at radius 2 is 1.77 bits per heavy atom. The van der Waals surface area contributed by atoms with Crippen molar-refractivity contribution in [1.29, 1.82) is 0 Å². The maximum Gasteiger partial charge on any atom is 0.345 e. The van der Waals surface area contributed by atoms with Crippen molar-refractivity contribution in [2.24, 2.45) is 0 Å². The minimum atomic E-state index is -0.446. The highest BCUT2D eigenvalue weighted by Gasteiger charge is 2.22. The van der Waals surface area contributed by atoms with E-state index in [0.29, 0.717) is 24.7 Å². The van der Waals surface area contributed by atoms with E-state index in [1.165, 1.54) is 6.20 Å². The van der Waals surface area contributed by atoms with E-state index in [2.05, 4.69) is 16.9 Å². The van der Waals surface area contributed by atoms with Crippen LogP contribution in [0.2, 0.25) is 0 Å². The smallest absolute Gasteiger partial charge is 0.345 e. The molecule has 0 aliphatic carbocycles. The molecule has 0 saturated carbocycles. The molecule has 0 unspecified atom stereocenters. The molecule has 2 heterocycles. The Morgan fingerprint density at radius 1 is 1.00 bits per heavy atom. The number of rotatable bonds is 11. The second-order valence-corrected chi connectivity index (χ2v) is 8.19. The summed E-state index contributed by atoms with van der Waals surface area (Å²) in [5.74, 6) is 0.799. The van der Waals surface area contributed by atoms with Crippen LogP contribution in [0.5, 0.6) is 11.6 Å². The number of benzene rings is 2. The van der Waals surface area contributed by atoms with Crippen molar-refractivity contribution in [3.63, 3.8) is 0 Å². The van der Waals surface area contributed by atoms with Crippen molar-refractivity contribution in [1.82, 2.24) is 14.7 Å². The van der Waals surface area contributed by atoms with E-state index in [1.54, 1.807) is 11.6 Å². The molecule has 0 amide bonds. The fourth-order valence-corrected chi connectivity index (χ4v) is 3.93. The van der Waals surface area contributed by atoms with Crippen LogP contribution < -0.4 is 9.47 Å². The molecular formula is C27H33N3O5. The number of morpholine rings is 1. The third kappa shape index (κ3) is 6.21. The lowest BCUT2D eigenvalue weighted by Gasteiger charge is -2.26. The van der Waals surface area contributed by atoms with E-state index < -0.39 is 5.97 Å². The first-order valence-corrected chi connectivity index (χ1v) is 12.2. The van der Waals surface area contributed by atoms with Gasteiger partial charge >= 0.3 is 5.97 Å². The van der Waals surface area contributed by atoms with Gasteiger partial charge in [-0.25, -0.2) is 9.48 Å². The van der Waals surface area contributed by atoms with Gasteiger partial charge in [0.05, 0.1) is 38.3 Å². The Labute approximate surface area is 206 Å². The van der Waals surface area contributed by atoms with Crippen molar-refractivity contribution < 1.29 is 23.7 Å². The molecule has 0 bridgehead atoms. The molecule has 35 heavy (non-hydrogen) atoms. The lowest BCUT2D eigenvalue weighted by molar-refractivity contribution is 0.0316. The Balaban J connectivity index is 1.56. The Hall–Kier alpha value is -3.36. The Bertz CT molecular complexity index is 1090. The molecule has 1 aliphatic heterocycles. The van der Waals surface area contributed by atoms with Crippen LogP contribution in [-0.4, -0.2) is 73.3 Å². The number of ether oxygens (including phenoxy) is 4. The first-order chi connectivity index (χ1) is 17.2. The van der Waals surface area contributed by atoms with Crippen molar-refractivity contribution in [2.45, 2.75) is 20.3 Å². The summed E-state index contributed by atoms with van der Waals surface area (Å²) in [5, 5.41) is 4.45. The van der Waals surface area contributed by atoms with Crippen LogP contribution >= 0.6 is 0 Å². The molecule has 8 heteroatoms. The van der Waals surface area contributed by atoms with Crippen LogP contribution in [0.1, 0.15) is 30.6 Å². The monoisotopic (exact) mass is 479 g/mol. The zero-order chi connectivity index (χ0) is 24.5. The normalized spacial score (nSPS) is 14.0. The predicted octanol–water partition coefficient (Wildman–Crippen LogP) is 4.22. The standard InChI is InChI=1S/C27H33N3O5/c1-3-16-34-25-8-6-5-7-23(25)21-9-11-22(12-10-21)30-26(24(20-28-30)27(31)33-4-2)35-19-15-29-13-17-32-18-14-29/h5-12,20H,3-4,13-19H2,1-2H3. The third-order valence-corrected chi connectivity index (χ3v) is 5.74. The highest BCUT2D eigenvalue weighted by Crippen LogP contribution is 2.31. The molecule has 0 radical (unpaired) electrons. The van der Waals surface area contributed by atoms with E-state index in [9.17, 15) is 4.79 Å². The van der Waals surface area contributed by atoms with Gasteiger partial charge < -0.3 is 18.9 Å².